The van der Waals surface area contributed by atoms with Crippen LogP contribution in [0.1, 0.15) is 5.56 Å². The fourth-order valence-electron chi connectivity index (χ4n) is 1.81. The second-order valence-electron chi connectivity index (χ2n) is 4.53. The number of nitrogens with zero attached hydrogens (tertiary/aromatic N) is 1. The van der Waals surface area contributed by atoms with Gasteiger partial charge in [-0.05, 0) is 24.3 Å². The van der Waals surface area contributed by atoms with Crippen molar-refractivity contribution in [1.82, 2.24) is 0 Å². The van der Waals surface area contributed by atoms with E-state index in [1.807, 2.05) is 0 Å². The normalized spacial score (nSPS) is 11.2. The van der Waals surface area contributed by atoms with E-state index in [1.54, 1.807) is 0 Å². The Morgan fingerprint density at radius 2 is 1.91 bits per heavy atom. The predicted molar refractivity (Wildman–Crippen MR) is 76.9 cm³/mol. The molecule has 0 saturated carbocycles. The van der Waals surface area contributed by atoms with Crippen LogP contribution in [-0.4, -0.2) is 19.6 Å². The quantitative estimate of drug-likeness (QED) is 0.623. The molecule has 8 heteroatoms. The number of halogens is 1. The zero-order chi connectivity index (χ0) is 16.3. The molecule has 0 aromatic heterocycles. The van der Waals surface area contributed by atoms with Crippen molar-refractivity contribution in [2.45, 2.75) is 11.5 Å². The van der Waals surface area contributed by atoms with E-state index in [-0.39, 0.29) is 28.5 Å². The summed E-state index contributed by atoms with van der Waals surface area (Å²) in [7, 11) is -3.40. The van der Waals surface area contributed by atoms with E-state index < -0.39 is 20.6 Å². The molecular formula is C14H12FNO5S. The van der Waals surface area contributed by atoms with Crippen molar-refractivity contribution in [1.29, 1.82) is 0 Å². The fourth-order valence-corrected chi connectivity index (χ4v) is 2.47. The van der Waals surface area contributed by atoms with E-state index >= 15 is 0 Å². The first-order valence-corrected chi connectivity index (χ1v) is 8.03. The Bertz CT molecular complexity index is 820. The summed E-state index contributed by atoms with van der Waals surface area (Å²) in [5.74, 6) is -0.575. The van der Waals surface area contributed by atoms with E-state index in [0.29, 0.717) is 0 Å². The van der Waals surface area contributed by atoms with E-state index in [1.165, 1.54) is 36.4 Å². The van der Waals surface area contributed by atoms with Crippen molar-refractivity contribution in [3.8, 4) is 5.75 Å². The topological polar surface area (TPSA) is 86.5 Å². The highest BCUT2D eigenvalue weighted by atomic mass is 32.2. The summed E-state index contributed by atoms with van der Waals surface area (Å²) in [4.78, 5) is 10.2. The molecule has 0 N–H and O–H groups in total. The summed E-state index contributed by atoms with van der Waals surface area (Å²) in [6.07, 6.45) is 1.05. The molecule has 0 radical (unpaired) electrons. The van der Waals surface area contributed by atoms with Crippen molar-refractivity contribution in [2.24, 2.45) is 0 Å². The number of hydrogen-bond acceptors (Lipinski definition) is 5. The molecule has 2 aromatic carbocycles. The number of nitro benzene ring substituents is 1. The number of hydrogen-bond donors (Lipinski definition) is 0. The highest BCUT2D eigenvalue weighted by Gasteiger charge is 2.18. The van der Waals surface area contributed by atoms with E-state index in [2.05, 4.69) is 0 Å². The van der Waals surface area contributed by atoms with Crippen molar-refractivity contribution in [3.63, 3.8) is 0 Å². The SMILES string of the molecule is CS(=O)(=O)c1cccc(OCc2c(F)cccc2[N+](=O)[O-])c1. The van der Waals surface area contributed by atoms with Crippen LogP contribution in [0.3, 0.4) is 0 Å². The zero-order valence-corrected chi connectivity index (χ0v) is 12.3. The number of sulfone groups is 1. The molecule has 0 bridgehead atoms. The lowest BCUT2D eigenvalue weighted by Gasteiger charge is -2.08. The minimum absolute atomic E-state index is 0.0491. The maximum Gasteiger partial charge on any atom is 0.278 e. The third-order valence-corrected chi connectivity index (χ3v) is 4.02. The Kier molecular flexibility index (Phi) is 4.41. The van der Waals surface area contributed by atoms with Gasteiger partial charge in [0.05, 0.1) is 9.82 Å². The standard InChI is InChI=1S/C14H12FNO5S/c1-22(19,20)11-5-2-4-10(8-11)21-9-12-13(15)6-3-7-14(12)16(17)18/h2-8H,9H2,1H3. The van der Waals surface area contributed by atoms with E-state index in [9.17, 15) is 22.9 Å². The lowest BCUT2D eigenvalue weighted by Crippen LogP contribution is -2.04. The molecule has 0 unspecified atom stereocenters. The van der Waals surface area contributed by atoms with Crippen molar-refractivity contribution >= 4 is 15.5 Å². The molecule has 0 atom stereocenters. The Morgan fingerprint density at radius 1 is 1.23 bits per heavy atom. The average Bonchev–Trinajstić information content (AvgIpc) is 2.45. The summed E-state index contributed by atoms with van der Waals surface area (Å²) < 4.78 is 41.9. The van der Waals surface area contributed by atoms with Gasteiger partial charge in [-0.3, -0.25) is 10.1 Å². The van der Waals surface area contributed by atoms with Crippen LogP contribution in [0.15, 0.2) is 47.4 Å². The molecule has 0 saturated heterocycles. The first kappa shape index (κ1) is 15.9. The summed E-state index contributed by atoms with van der Waals surface area (Å²) in [6.45, 7) is -0.379. The predicted octanol–water partition coefficient (Wildman–Crippen LogP) is 2.72. The van der Waals surface area contributed by atoms with Crippen LogP contribution in [0.25, 0.3) is 0 Å². The van der Waals surface area contributed by atoms with Gasteiger partial charge in [0, 0.05) is 12.3 Å². The number of benzene rings is 2. The third-order valence-electron chi connectivity index (χ3n) is 2.91. The molecule has 2 rings (SSSR count). The summed E-state index contributed by atoms with van der Waals surface area (Å²) in [5, 5.41) is 10.9. The number of rotatable bonds is 5. The molecule has 6 nitrogen and oxygen atoms in total. The average molecular weight is 325 g/mol. The lowest BCUT2D eigenvalue weighted by molar-refractivity contribution is -0.386. The fraction of sp³-hybridized carbons (Fsp3) is 0.143. The van der Waals surface area contributed by atoms with Gasteiger partial charge in [0.2, 0.25) is 0 Å². The smallest absolute Gasteiger partial charge is 0.278 e. The second-order valence-corrected chi connectivity index (χ2v) is 6.55. The van der Waals surface area contributed by atoms with Crippen LogP contribution >= 0.6 is 0 Å². The van der Waals surface area contributed by atoms with Gasteiger partial charge in [0.15, 0.2) is 9.84 Å². The van der Waals surface area contributed by atoms with E-state index in [4.69, 9.17) is 4.74 Å². The lowest BCUT2D eigenvalue weighted by atomic mass is 10.2. The van der Waals surface area contributed by atoms with E-state index in [0.717, 1.165) is 12.3 Å². The van der Waals surface area contributed by atoms with Gasteiger partial charge in [-0.1, -0.05) is 12.1 Å². The van der Waals surface area contributed by atoms with Crippen LogP contribution in [0.4, 0.5) is 10.1 Å². The van der Waals surface area contributed by atoms with Gasteiger partial charge in [-0.25, -0.2) is 12.8 Å². The number of nitro groups is 1. The largest absolute Gasteiger partial charge is 0.488 e. The van der Waals surface area contributed by atoms with Crippen LogP contribution in [-0.2, 0) is 16.4 Å². The first-order chi connectivity index (χ1) is 10.3. The Hall–Kier alpha value is -2.48. The molecular weight excluding hydrogens is 313 g/mol. The summed E-state index contributed by atoms with van der Waals surface area (Å²) in [6, 6.07) is 9.15. The first-order valence-electron chi connectivity index (χ1n) is 6.14. The Balaban J connectivity index is 2.26. The van der Waals surface area contributed by atoms with Crippen LogP contribution < -0.4 is 4.74 Å². The second kappa shape index (κ2) is 6.10. The highest BCUT2D eigenvalue weighted by molar-refractivity contribution is 7.90. The Morgan fingerprint density at radius 3 is 2.55 bits per heavy atom. The molecule has 0 heterocycles. The van der Waals surface area contributed by atoms with Crippen molar-refractivity contribution in [3.05, 3.63) is 64.0 Å². The maximum absolute atomic E-state index is 13.7. The Labute approximate surface area is 126 Å². The van der Waals surface area contributed by atoms with Gasteiger partial charge < -0.3 is 4.74 Å². The highest BCUT2D eigenvalue weighted by Crippen LogP contribution is 2.24. The minimum atomic E-state index is -3.40. The van der Waals surface area contributed by atoms with Gasteiger partial charge in [0.25, 0.3) is 5.69 Å². The van der Waals surface area contributed by atoms with Gasteiger partial charge >= 0.3 is 0 Å². The monoisotopic (exact) mass is 325 g/mol. The molecule has 22 heavy (non-hydrogen) atoms. The maximum atomic E-state index is 13.7. The van der Waals surface area contributed by atoms with Gasteiger partial charge in [-0.2, -0.15) is 0 Å². The van der Waals surface area contributed by atoms with Gasteiger partial charge in [-0.15, -0.1) is 0 Å². The molecule has 0 amide bonds. The zero-order valence-electron chi connectivity index (χ0n) is 11.5. The molecule has 0 fully saturated rings. The van der Waals surface area contributed by atoms with Gasteiger partial charge in [0.1, 0.15) is 23.7 Å². The molecule has 0 aliphatic carbocycles. The van der Waals surface area contributed by atoms with Crippen LogP contribution in [0.2, 0.25) is 0 Å². The summed E-state index contributed by atoms with van der Waals surface area (Å²) >= 11 is 0. The molecule has 0 aliphatic rings. The van der Waals surface area contributed by atoms with Crippen LogP contribution in [0.5, 0.6) is 5.75 Å². The molecule has 116 valence electrons. The molecule has 0 aliphatic heterocycles. The van der Waals surface area contributed by atoms with Crippen molar-refractivity contribution < 1.29 is 22.5 Å². The number of ether oxygens (including phenoxy) is 1. The molecule has 0 spiro atoms. The summed E-state index contributed by atoms with van der Waals surface area (Å²) in [5.41, 5.74) is -0.587. The minimum Gasteiger partial charge on any atom is -0.488 e. The van der Waals surface area contributed by atoms with Crippen LogP contribution in [0, 0.1) is 15.9 Å². The third kappa shape index (κ3) is 3.59. The molecule has 2 aromatic rings. The van der Waals surface area contributed by atoms with Crippen molar-refractivity contribution in [2.75, 3.05) is 6.26 Å².